The van der Waals surface area contributed by atoms with Crippen LogP contribution >= 0.6 is 55.6 Å². The fourth-order valence-electron chi connectivity index (χ4n) is 1.06. The summed E-state index contributed by atoms with van der Waals surface area (Å²) in [6.45, 7) is 4.36. The van der Waals surface area contributed by atoms with Crippen molar-refractivity contribution >= 4 is 55.6 Å². The Bertz CT molecular complexity index is 271. The summed E-state index contributed by atoms with van der Waals surface area (Å²) in [5.74, 6) is 0.539. The van der Waals surface area contributed by atoms with Gasteiger partial charge in [-0.1, -0.05) is 20.3 Å². The SMILES string of the molecule is CCC(C)[C@@H](N)c1cc(Br)c(Br)s1.Cl. The molecule has 0 amide bonds. The smallest absolute Gasteiger partial charge is 0.0843 e. The average molecular weight is 364 g/mol. The third-order valence-corrected chi connectivity index (χ3v) is 5.61. The number of rotatable bonds is 3. The van der Waals surface area contributed by atoms with Crippen LogP contribution in [0.3, 0.4) is 0 Å². The first-order chi connectivity index (χ1) is 6.06. The highest BCUT2D eigenvalue weighted by molar-refractivity contribution is 9.13. The molecule has 1 heterocycles. The predicted molar refractivity (Wildman–Crippen MR) is 73.4 cm³/mol. The van der Waals surface area contributed by atoms with Crippen molar-refractivity contribution in [2.75, 3.05) is 0 Å². The van der Waals surface area contributed by atoms with Crippen LogP contribution in [0.2, 0.25) is 0 Å². The lowest BCUT2D eigenvalue weighted by Crippen LogP contribution is -2.17. The van der Waals surface area contributed by atoms with E-state index in [1.165, 1.54) is 4.88 Å². The zero-order valence-corrected chi connectivity index (χ0v) is 12.9. The van der Waals surface area contributed by atoms with E-state index >= 15 is 0 Å². The normalized spacial score (nSPS) is 14.6. The lowest BCUT2D eigenvalue weighted by molar-refractivity contribution is 0.462. The van der Waals surface area contributed by atoms with Gasteiger partial charge in [0.25, 0.3) is 0 Å². The van der Waals surface area contributed by atoms with Crippen molar-refractivity contribution in [2.45, 2.75) is 26.3 Å². The monoisotopic (exact) mass is 361 g/mol. The lowest BCUT2D eigenvalue weighted by Gasteiger charge is -2.16. The van der Waals surface area contributed by atoms with Crippen molar-refractivity contribution in [1.29, 1.82) is 0 Å². The maximum absolute atomic E-state index is 6.10. The van der Waals surface area contributed by atoms with Crippen LogP contribution in [-0.2, 0) is 0 Å². The van der Waals surface area contributed by atoms with Crippen LogP contribution in [0, 0.1) is 5.92 Å². The second-order valence-electron chi connectivity index (χ2n) is 3.18. The van der Waals surface area contributed by atoms with E-state index in [1.54, 1.807) is 11.3 Å². The number of hydrogen-bond donors (Lipinski definition) is 1. The zero-order chi connectivity index (χ0) is 10.0. The zero-order valence-electron chi connectivity index (χ0n) is 8.09. The summed E-state index contributed by atoms with van der Waals surface area (Å²) in [5.41, 5.74) is 6.10. The minimum absolute atomic E-state index is 0. The summed E-state index contributed by atoms with van der Waals surface area (Å²) >= 11 is 8.65. The van der Waals surface area contributed by atoms with Crippen molar-refractivity contribution in [1.82, 2.24) is 0 Å². The first-order valence-corrected chi connectivity index (χ1v) is 6.66. The quantitative estimate of drug-likeness (QED) is 0.825. The van der Waals surface area contributed by atoms with Gasteiger partial charge in [0.05, 0.1) is 3.79 Å². The molecule has 0 saturated heterocycles. The van der Waals surface area contributed by atoms with E-state index in [-0.39, 0.29) is 18.4 Å². The molecule has 2 N–H and O–H groups in total. The number of hydrogen-bond acceptors (Lipinski definition) is 2. The summed E-state index contributed by atoms with van der Waals surface area (Å²) in [6.07, 6.45) is 1.12. The highest BCUT2D eigenvalue weighted by Gasteiger charge is 2.16. The Morgan fingerprint density at radius 1 is 1.50 bits per heavy atom. The van der Waals surface area contributed by atoms with Crippen LogP contribution in [0.4, 0.5) is 0 Å². The van der Waals surface area contributed by atoms with E-state index in [0.717, 1.165) is 14.7 Å². The van der Waals surface area contributed by atoms with Crippen LogP contribution in [-0.4, -0.2) is 0 Å². The van der Waals surface area contributed by atoms with Crippen molar-refractivity contribution < 1.29 is 0 Å². The third kappa shape index (κ3) is 3.49. The number of thiophene rings is 1. The molecule has 0 aromatic carbocycles. The number of nitrogens with two attached hydrogens (primary N) is 1. The number of halogens is 3. The molecule has 0 aliphatic carbocycles. The molecule has 1 aromatic rings. The highest BCUT2D eigenvalue weighted by atomic mass is 79.9. The maximum Gasteiger partial charge on any atom is 0.0843 e. The van der Waals surface area contributed by atoms with Gasteiger partial charge in [0.2, 0.25) is 0 Å². The van der Waals surface area contributed by atoms with Gasteiger partial charge in [-0.15, -0.1) is 23.7 Å². The van der Waals surface area contributed by atoms with Gasteiger partial charge in [-0.2, -0.15) is 0 Å². The third-order valence-electron chi connectivity index (χ3n) is 2.25. The van der Waals surface area contributed by atoms with Crippen molar-refractivity contribution in [3.63, 3.8) is 0 Å². The first kappa shape index (κ1) is 14.9. The Morgan fingerprint density at radius 2 is 2.07 bits per heavy atom. The van der Waals surface area contributed by atoms with Gasteiger partial charge in [-0.05, 0) is 43.8 Å². The first-order valence-electron chi connectivity index (χ1n) is 4.26. The van der Waals surface area contributed by atoms with E-state index in [2.05, 4.69) is 51.8 Å². The van der Waals surface area contributed by atoms with Crippen LogP contribution in [0.25, 0.3) is 0 Å². The second kappa shape index (κ2) is 6.48. The van der Waals surface area contributed by atoms with Gasteiger partial charge < -0.3 is 5.73 Å². The summed E-state index contributed by atoms with van der Waals surface area (Å²) in [4.78, 5) is 1.24. The fourth-order valence-corrected chi connectivity index (χ4v) is 3.29. The molecule has 0 radical (unpaired) electrons. The Labute approximate surface area is 112 Å². The summed E-state index contributed by atoms with van der Waals surface area (Å²) in [5, 5.41) is 0. The summed E-state index contributed by atoms with van der Waals surface area (Å²) in [7, 11) is 0. The van der Waals surface area contributed by atoms with E-state index < -0.39 is 0 Å². The molecule has 0 spiro atoms. The largest absolute Gasteiger partial charge is 0.323 e. The molecule has 1 aromatic heterocycles. The van der Waals surface area contributed by atoms with Crippen molar-refractivity contribution in [3.8, 4) is 0 Å². The van der Waals surface area contributed by atoms with Gasteiger partial charge >= 0.3 is 0 Å². The van der Waals surface area contributed by atoms with Gasteiger partial charge in [0.1, 0.15) is 0 Å². The van der Waals surface area contributed by atoms with Crippen LogP contribution in [0.15, 0.2) is 14.3 Å². The average Bonchev–Trinajstić information content (AvgIpc) is 2.44. The Kier molecular flexibility index (Phi) is 6.90. The van der Waals surface area contributed by atoms with E-state index in [1.807, 2.05) is 0 Å². The lowest BCUT2D eigenvalue weighted by atomic mass is 9.99. The standard InChI is InChI=1S/C9H13Br2NS.ClH/c1-3-5(2)8(12)7-4-6(10)9(11)13-7;/h4-5,8H,3,12H2,1-2H3;1H/t5?,8-;/m1./s1. The minimum Gasteiger partial charge on any atom is -0.323 e. The predicted octanol–water partition coefficient (Wildman–Crippen LogP) is 4.74. The van der Waals surface area contributed by atoms with Crippen LogP contribution in [0.5, 0.6) is 0 Å². The molecule has 0 fully saturated rings. The van der Waals surface area contributed by atoms with Crippen molar-refractivity contribution in [3.05, 3.63) is 19.2 Å². The van der Waals surface area contributed by atoms with Gasteiger partial charge in [-0.25, -0.2) is 0 Å². The van der Waals surface area contributed by atoms with Crippen LogP contribution < -0.4 is 5.73 Å². The van der Waals surface area contributed by atoms with Gasteiger partial charge in [0.15, 0.2) is 0 Å². The highest BCUT2D eigenvalue weighted by Crippen LogP contribution is 2.37. The van der Waals surface area contributed by atoms with E-state index in [4.69, 9.17) is 5.73 Å². The Morgan fingerprint density at radius 3 is 2.43 bits per heavy atom. The van der Waals surface area contributed by atoms with Crippen LogP contribution in [0.1, 0.15) is 31.2 Å². The van der Waals surface area contributed by atoms with Gasteiger partial charge in [-0.3, -0.25) is 0 Å². The molecule has 5 heteroatoms. The molecule has 0 saturated carbocycles. The molecule has 0 aliphatic rings. The second-order valence-corrected chi connectivity index (χ2v) is 6.44. The maximum atomic E-state index is 6.10. The van der Waals surface area contributed by atoms with Gasteiger partial charge in [0, 0.05) is 15.4 Å². The fraction of sp³-hybridized carbons (Fsp3) is 0.556. The molecule has 1 unspecified atom stereocenters. The molecular weight excluding hydrogens is 349 g/mol. The molecule has 0 bridgehead atoms. The van der Waals surface area contributed by atoms with E-state index in [0.29, 0.717) is 5.92 Å². The summed E-state index contributed by atoms with van der Waals surface area (Å²) < 4.78 is 2.23. The van der Waals surface area contributed by atoms with E-state index in [9.17, 15) is 0 Å². The minimum atomic E-state index is 0. The molecule has 0 aliphatic heterocycles. The molecule has 14 heavy (non-hydrogen) atoms. The summed E-state index contributed by atoms with van der Waals surface area (Å²) in [6, 6.07) is 2.27. The molecule has 2 atom stereocenters. The molecular formula is C9H14Br2ClNS. The molecule has 1 nitrogen and oxygen atoms in total. The topological polar surface area (TPSA) is 26.0 Å². The molecule has 1 rings (SSSR count). The Balaban J connectivity index is 0.00000169. The van der Waals surface area contributed by atoms with Crippen molar-refractivity contribution in [2.24, 2.45) is 11.7 Å². The Hall–Kier alpha value is 0.910. The molecule has 82 valence electrons.